The minimum Gasteiger partial charge on any atom is -0.494 e. The van der Waals surface area contributed by atoms with Crippen LogP contribution < -0.4 is 25.4 Å². The van der Waals surface area contributed by atoms with E-state index in [4.69, 9.17) is 9.47 Å². The Hall–Kier alpha value is -4.33. The molecular weight excluding hydrogens is 446 g/mol. The van der Waals surface area contributed by atoms with Crippen molar-refractivity contribution in [2.75, 3.05) is 24.9 Å². The van der Waals surface area contributed by atoms with Gasteiger partial charge in [0.15, 0.2) is 0 Å². The number of carbonyl (C=O) groups excluding carboxylic acids is 3. The van der Waals surface area contributed by atoms with Crippen LogP contribution in [0.2, 0.25) is 0 Å². The molecule has 0 aliphatic carbocycles. The van der Waals surface area contributed by atoms with E-state index in [1.807, 2.05) is 36.4 Å². The first kappa shape index (κ1) is 25.3. The summed E-state index contributed by atoms with van der Waals surface area (Å²) in [7, 11) is 2.94. The summed E-state index contributed by atoms with van der Waals surface area (Å²) in [6.45, 7) is 0.454. The molecule has 0 bridgehead atoms. The zero-order valence-electron chi connectivity index (χ0n) is 19.8. The number of benzene rings is 3. The van der Waals surface area contributed by atoms with Crippen molar-refractivity contribution in [2.45, 2.75) is 25.8 Å². The van der Waals surface area contributed by atoms with Crippen molar-refractivity contribution in [1.82, 2.24) is 5.32 Å². The molecule has 3 aromatic rings. The van der Waals surface area contributed by atoms with Crippen molar-refractivity contribution in [3.63, 3.8) is 0 Å². The molecule has 0 radical (unpaired) electrons. The normalized spacial score (nSPS) is 10.2. The number of hydrogen-bond acceptors (Lipinski definition) is 5. The molecule has 0 atom stereocenters. The van der Waals surface area contributed by atoms with Gasteiger partial charge in [-0.15, -0.1) is 0 Å². The van der Waals surface area contributed by atoms with Gasteiger partial charge in [-0.25, -0.2) is 0 Å². The lowest BCUT2D eigenvalue weighted by atomic mass is 10.1. The number of hydrogen-bond donors (Lipinski definition) is 3. The Morgan fingerprint density at radius 2 is 1.26 bits per heavy atom. The number of amides is 3. The number of carbonyl (C=O) groups is 3. The van der Waals surface area contributed by atoms with Crippen LogP contribution in [0.25, 0.3) is 0 Å². The molecule has 182 valence electrons. The molecule has 3 aromatic carbocycles. The molecule has 0 unspecified atom stereocenters. The molecule has 0 fully saturated rings. The van der Waals surface area contributed by atoms with Gasteiger partial charge in [-0.2, -0.15) is 0 Å². The van der Waals surface area contributed by atoms with Gasteiger partial charge in [0.25, 0.3) is 5.91 Å². The van der Waals surface area contributed by atoms with Crippen LogP contribution in [0.15, 0.2) is 72.8 Å². The Labute approximate surface area is 204 Å². The van der Waals surface area contributed by atoms with Crippen molar-refractivity contribution in [1.29, 1.82) is 0 Å². The lowest BCUT2D eigenvalue weighted by molar-refractivity contribution is -0.121. The maximum atomic E-state index is 12.5. The molecule has 3 N–H and O–H groups in total. The number of ether oxygens (including phenoxy) is 2. The number of rotatable bonds is 11. The van der Waals surface area contributed by atoms with Crippen molar-refractivity contribution < 1.29 is 23.9 Å². The van der Waals surface area contributed by atoms with Gasteiger partial charge < -0.3 is 25.4 Å². The number of anilines is 2. The summed E-state index contributed by atoms with van der Waals surface area (Å²) in [6, 6.07) is 21.6. The second kappa shape index (κ2) is 12.8. The third-order valence-electron chi connectivity index (χ3n) is 5.22. The summed E-state index contributed by atoms with van der Waals surface area (Å²) in [5.41, 5.74) is 2.33. The molecule has 3 rings (SSSR count). The molecule has 3 amide bonds. The maximum Gasteiger partial charge on any atom is 0.255 e. The third kappa shape index (κ3) is 7.60. The molecule has 0 spiro atoms. The van der Waals surface area contributed by atoms with E-state index in [1.54, 1.807) is 36.4 Å². The maximum absolute atomic E-state index is 12.5. The summed E-state index contributed by atoms with van der Waals surface area (Å²) in [5.74, 6) is 0.0590. The van der Waals surface area contributed by atoms with E-state index in [1.165, 1.54) is 14.2 Å². The van der Waals surface area contributed by atoms with Gasteiger partial charge in [-0.05, 0) is 24.1 Å². The Balaban J connectivity index is 1.55. The topological polar surface area (TPSA) is 106 Å². The standard InChI is InChI=1S/C27H29N3O5/c1-34-23-17-22(30-27(33)20-12-7-4-8-13-20)24(35-2)16-21(23)29-26(32)15-9-14-25(31)28-18-19-10-5-3-6-11-19/h3-8,10-13,16-17H,9,14-15,18H2,1-2H3,(H,28,31)(H,29,32)(H,30,33). The summed E-state index contributed by atoms with van der Waals surface area (Å²) >= 11 is 0. The largest absolute Gasteiger partial charge is 0.494 e. The van der Waals surface area contributed by atoms with E-state index in [-0.39, 0.29) is 30.6 Å². The first-order valence-corrected chi connectivity index (χ1v) is 11.2. The minimum atomic E-state index is -0.298. The van der Waals surface area contributed by atoms with E-state index in [9.17, 15) is 14.4 Å². The van der Waals surface area contributed by atoms with Crippen LogP contribution in [-0.2, 0) is 16.1 Å². The van der Waals surface area contributed by atoms with Crippen molar-refractivity contribution in [3.8, 4) is 11.5 Å². The average Bonchev–Trinajstić information content (AvgIpc) is 2.89. The fraction of sp³-hybridized carbons (Fsp3) is 0.222. The number of nitrogens with one attached hydrogen (secondary N) is 3. The Bertz CT molecular complexity index is 1150. The van der Waals surface area contributed by atoms with Gasteiger partial charge in [0.1, 0.15) is 11.5 Å². The summed E-state index contributed by atoms with van der Waals surface area (Å²) in [5, 5.41) is 8.44. The smallest absolute Gasteiger partial charge is 0.255 e. The molecule has 8 nitrogen and oxygen atoms in total. The van der Waals surface area contributed by atoms with Crippen LogP contribution in [0.4, 0.5) is 11.4 Å². The molecule has 0 aliphatic rings. The summed E-state index contributed by atoms with van der Waals surface area (Å²) < 4.78 is 10.8. The first-order chi connectivity index (χ1) is 17.0. The predicted molar refractivity (Wildman–Crippen MR) is 135 cm³/mol. The van der Waals surface area contributed by atoms with E-state index in [0.29, 0.717) is 41.4 Å². The van der Waals surface area contributed by atoms with Crippen LogP contribution in [0.1, 0.15) is 35.2 Å². The summed E-state index contributed by atoms with van der Waals surface area (Å²) in [6.07, 6.45) is 0.805. The molecule has 35 heavy (non-hydrogen) atoms. The van der Waals surface area contributed by atoms with Crippen LogP contribution >= 0.6 is 0 Å². The molecule has 0 heterocycles. The van der Waals surface area contributed by atoms with Gasteiger partial charge in [-0.3, -0.25) is 14.4 Å². The first-order valence-electron chi connectivity index (χ1n) is 11.2. The Morgan fingerprint density at radius 1 is 0.714 bits per heavy atom. The van der Waals surface area contributed by atoms with Crippen molar-refractivity contribution >= 4 is 29.1 Å². The summed E-state index contributed by atoms with van der Waals surface area (Å²) in [4.78, 5) is 37.1. The molecule has 0 aliphatic heterocycles. The van der Waals surface area contributed by atoms with E-state index in [0.717, 1.165) is 5.56 Å². The third-order valence-corrected chi connectivity index (χ3v) is 5.22. The zero-order chi connectivity index (χ0) is 25.0. The molecule has 0 saturated carbocycles. The van der Waals surface area contributed by atoms with Crippen molar-refractivity contribution in [3.05, 3.63) is 83.9 Å². The Kier molecular flexibility index (Phi) is 9.24. The lowest BCUT2D eigenvalue weighted by Crippen LogP contribution is -2.23. The molecule has 8 heteroatoms. The number of methoxy groups -OCH3 is 2. The molecular formula is C27H29N3O5. The molecule has 0 aromatic heterocycles. The SMILES string of the molecule is COc1cc(NC(=O)c2ccccc2)c(OC)cc1NC(=O)CCCC(=O)NCc1ccccc1. The van der Waals surface area contributed by atoms with Gasteiger partial charge in [0.05, 0.1) is 25.6 Å². The fourth-order valence-electron chi connectivity index (χ4n) is 3.38. The van der Waals surface area contributed by atoms with Crippen molar-refractivity contribution in [2.24, 2.45) is 0 Å². The van der Waals surface area contributed by atoms with E-state index in [2.05, 4.69) is 16.0 Å². The highest BCUT2D eigenvalue weighted by Crippen LogP contribution is 2.36. The average molecular weight is 476 g/mol. The predicted octanol–water partition coefficient (Wildman–Crippen LogP) is 4.38. The van der Waals surface area contributed by atoms with Crippen LogP contribution in [-0.4, -0.2) is 31.9 Å². The zero-order valence-corrected chi connectivity index (χ0v) is 19.8. The highest BCUT2D eigenvalue weighted by molar-refractivity contribution is 6.05. The van der Waals surface area contributed by atoms with E-state index < -0.39 is 0 Å². The highest BCUT2D eigenvalue weighted by atomic mass is 16.5. The van der Waals surface area contributed by atoms with Gasteiger partial charge in [0.2, 0.25) is 11.8 Å². The van der Waals surface area contributed by atoms with Crippen LogP contribution in [0.5, 0.6) is 11.5 Å². The van der Waals surface area contributed by atoms with E-state index >= 15 is 0 Å². The minimum absolute atomic E-state index is 0.112. The monoisotopic (exact) mass is 475 g/mol. The van der Waals surface area contributed by atoms with Gasteiger partial charge in [0, 0.05) is 37.1 Å². The van der Waals surface area contributed by atoms with Crippen LogP contribution in [0, 0.1) is 0 Å². The van der Waals surface area contributed by atoms with Gasteiger partial charge >= 0.3 is 0 Å². The highest BCUT2D eigenvalue weighted by Gasteiger charge is 2.16. The Morgan fingerprint density at radius 3 is 1.86 bits per heavy atom. The second-order valence-electron chi connectivity index (χ2n) is 7.74. The van der Waals surface area contributed by atoms with Gasteiger partial charge in [-0.1, -0.05) is 48.5 Å². The second-order valence-corrected chi connectivity index (χ2v) is 7.74. The quantitative estimate of drug-likeness (QED) is 0.382. The lowest BCUT2D eigenvalue weighted by Gasteiger charge is -2.16. The van der Waals surface area contributed by atoms with Crippen LogP contribution in [0.3, 0.4) is 0 Å². The fourth-order valence-corrected chi connectivity index (χ4v) is 3.38. The molecule has 0 saturated heterocycles.